The largest absolute Gasteiger partial charge is 0.462 e. The van der Waals surface area contributed by atoms with E-state index in [2.05, 4.69) is 0 Å². The lowest BCUT2D eigenvalue weighted by Gasteiger charge is -2.34. The van der Waals surface area contributed by atoms with Gasteiger partial charge < -0.3 is 19.7 Å². The fourth-order valence-electron chi connectivity index (χ4n) is 4.01. The Morgan fingerprint density at radius 1 is 1.09 bits per heavy atom. The molecule has 7 nitrogen and oxygen atoms in total. The first-order valence-electron chi connectivity index (χ1n) is 12.1. The summed E-state index contributed by atoms with van der Waals surface area (Å²) in [5.74, 6) is -3.13. The third kappa shape index (κ3) is 8.15. The summed E-state index contributed by atoms with van der Waals surface area (Å²) in [5, 5.41) is 21.4. The maximum atomic E-state index is 13.1. The molecule has 2 rings (SSSR count). The summed E-state index contributed by atoms with van der Waals surface area (Å²) in [6, 6.07) is 9.69. The highest BCUT2D eigenvalue weighted by atomic mass is 16.5. The first kappa shape index (κ1) is 28.5. The smallest absolute Gasteiger partial charge is 0.330 e. The van der Waals surface area contributed by atoms with E-state index in [0.29, 0.717) is 0 Å². The highest BCUT2D eigenvalue weighted by molar-refractivity contribution is 5.88. The number of cyclic esters (lactones) is 2. The van der Waals surface area contributed by atoms with Gasteiger partial charge in [-0.15, -0.1) is 0 Å². The topological polar surface area (TPSA) is 110 Å². The fourth-order valence-corrected chi connectivity index (χ4v) is 4.01. The van der Waals surface area contributed by atoms with Gasteiger partial charge in [-0.1, -0.05) is 83.2 Å². The molecule has 0 aromatic heterocycles. The lowest BCUT2D eigenvalue weighted by Crippen LogP contribution is -2.46. The van der Waals surface area contributed by atoms with Crippen molar-refractivity contribution in [3.63, 3.8) is 0 Å². The highest BCUT2D eigenvalue weighted by Gasteiger charge is 2.42. The number of ketones is 1. The molecule has 35 heavy (non-hydrogen) atoms. The molecule has 2 N–H and O–H groups in total. The predicted molar refractivity (Wildman–Crippen MR) is 133 cm³/mol. The standard InChI is InChI=1S/C28H38O7/c1-18(14-15-21-10-7-6-8-11-21)22-12-9-13-24(30)34-17-19(2)26(32)20(3)27(33)28(4,5)23(29)16-25(31)35-22/h6-11,13-15,18-20,22-23,26,29,32H,12,16-17H2,1-5H3/b13-9+,15-14+/t18-,19+,20-,22+,23+,26?/m1/s1. The van der Waals surface area contributed by atoms with Crippen LogP contribution in [0.2, 0.25) is 0 Å². The van der Waals surface area contributed by atoms with Gasteiger partial charge in [0.2, 0.25) is 0 Å². The van der Waals surface area contributed by atoms with E-state index in [4.69, 9.17) is 9.47 Å². The molecule has 0 fully saturated rings. The van der Waals surface area contributed by atoms with Crippen LogP contribution < -0.4 is 0 Å². The van der Waals surface area contributed by atoms with Gasteiger partial charge in [-0.2, -0.15) is 0 Å². The van der Waals surface area contributed by atoms with Crippen LogP contribution in [0.25, 0.3) is 6.08 Å². The number of carbonyl (C=O) groups is 3. The van der Waals surface area contributed by atoms with E-state index in [-0.39, 0.29) is 31.1 Å². The number of benzene rings is 1. The number of carbonyl (C=O) groups excluding carboxylic acids is 3. The van der Waals surface area contributed by atoms with Gasteiger partial charge in [0, 0.05) is 30.3 Å². The highest BCUT2D eigenvalue weighted by Crippen LogP contribution is 2.31. The van der Waals surface area contributed by atoms with Crippen molar-refractivity contribution < 1.29 is 34.1 Å². The average molecular weight is 487 g/mol. The summed E-state index contributed by atoms with van der Waals surface area (Å²) < 4.78 is 10.9. The summed E-state index contributed by atoms with van der Waals surface area (Å²) in [6.07, 6.45) is 3.65. The summed E-state index contributed by atoms with van der Waals surface area (Å²) in [5.41, 5.74) is -0.291. The summed E-state index contributed by atoms with van der Waals surface area (Å²) >= 11 is 0. The van der Waals surface area contributed by atoms with Crippen molar-refractivity contribution in [2.75, 3.05) is 6.61 Å². The normalized spacial score (nSPS) is 30.9. The number of hydrogen-bond donors (Lipinski definition) is 2. The number of Topliss-reactive ketones (excluding diaryl/α,β-unsaturated/α-hetero) is 1. The van der Waals surface area contributed by atoms with E-state index in [0.717, 1.165) is 5.56 Å². The van der Waals surface area contributed by atoms with Gasteiger partial charge in [0.1, 0.15) is 11.9 Å². The molecule has 0 saturated carbocycles. The van der Waals surface area contributed by atoms with Crippen molar-refractivity contribution in [1.29, 1.82) is 0 Å². The first-order valence-corrected chi connectivity index (χ1v) is 12.1. The summed E-state index contributed by atoms with van der Waals surface area (Å²) in [7, 11) is 0. The number of hydrogen-bond acceptors (Lipinski definition) is 7. The van der Waals surface area contributed by atoms with Crippen LogP contribution in [-0.4, -0.2) is 52.9 Å². The molecule has 0 radical (unpaired) electrons. The van der Waals surface area contributed by atoms with Crippen molar-refractivity contribution in [1.82, 2.24) is 0 Å². The van der Waals surface area contributed by atoms with Crippen molar-refractivity contribution in [2.45, 2.75) is 65.8 Å². The third-order valence-corrected chi connectivity index (χ3v) is 6.71. The molecule has 192 valence electrons. The monoisotopic (exact) mass is 486 g/mol. The minimum absolute atomic E-state index is 0.0560. The number of ether oxygens (including phenoxy) is 2. The molecule has 0 spiro atoms. The molecule has 0 saturated heterocycles. The maximum absolute atomic E-state index is 13.1. The second-order valence-corrected chi connectivity index (χ2v) is 9.99. The molecule has 7 heteroatoms. The van der Waals surface area contributed by atoms with Gasteiger partial charge in [0.25, 0.3) is 0 Å². The first-order chi connectivity index (χ1) is 16.4. The van der Waals surface area contributed by atoms with E-state index in [9.17, 15) is 24.6 Å². The Labute approximate surface area is 207 Å². The van der Waals surface area contributed by atoms with Crippen LogP contribution >= 0.6 is 0 Å². The minimum Gasteiger partial charge on any atom is -0.462 e. The Kier molecular flexibility index (Phi) is 10.4. The molecule has 1 aromatic rings. The SMILES string of the molecule is C[C@H](/C=C/c1ccccc1)[C@@H]1C/C=C/C(=O)OC[C@H](C)C(O)[C@@H](C)C(=O)C(C)(C)[C@@H](O)CC(=O)O1. The molecule has 1 heterocycles. The van der Waals surface area contributed by atoms with Gasteiger partial charge >= 0.3 is 11.9 Å². The quantitative estimate of drug-likeness (QED) is 0.627. The third-order valence-electron chi connectivity index (χ3n) is 6.71. The molecule has 1 aromatic carbocycles. The molecule has 0 aliphatic carbocycles. The molecule has 1 aliphatic rings. The number of aliphatic hydroxyl groups excluding tert-OH is 2. The number of rotatable bonds is 3. The molecular weight excluding hydrogens is 448 g/mol. The number of esters is 2. The van der Waals surface area contributed by atoms with Crippen LogP contribution in [0.15, 0.2) is 48.6 Å². The lowest BCUT2D eigenvalue weighted by atomic mass is 9.73. The zero-order valence-electron chi connectivity index (χ0n) is 21.2. The van der Waals surface area contributed by atoms with E-state index in [1.54, 1.807) is 33.8 Å². The van der Waals surface area contributed by atoms with Crippen molar-refractivity contribution in [2.24, 2.45) is 23.2 Å². The van der Waals surface area contributed by atoms with Gasteiger partial charge in [-0.05, 0) is 5.56 Å². The molecule has 0 bridgehead atoms. The molecule has 6 atom stereocenters. The van der Waals surface area contributed by atoms with Crippen LogP contribution in [0.4, 0.5) is 0 Å². The molecule has 0 amide bonds. The average Bonchev–Trinajstić information content (AvgIpc) is 2.83. The van der Waals surface area contributed by atoms with Crippen molar-refractivity contribution >= 4 is 23.8 Å². The Morgan fingerprint density at radius 3 is 2.40 bits per heavy atom. The van der Waals surface area contributed by atoms with E-state index < -0.39 is 47.5 Å². The Hall–Kier alpha value is -2.77. The van der Waals surface area contributed by atoms with Gasteiger partial charge in [-0.3, -0.25) is 9.59 Å². The Balaban J connectivity index is 2.27. The second kappa shape index (κ2) is 12.8. The van der Waals surface area contributed by atoms with E-state index >= 15 is 0 Å². The van der Waals surface area contributed by atoms with Crippen LogP contribution in [0.1, 0.15) is 53.0 Å². The van der Waals surface area contributed by atoms with Crippen LogP contribution in [0.5, 0.6) is 0 Å². The molecule has 1 unspecified atom stereocenters. The van der Waals surface area contributed by atoms with Crippen LogP contribution in [0, 0.1) is 23.2 Å². The maximum Gasteiger partial charge on any atom is 0.330 e. The second-order valence-electron chi connectivity index (χ2n) is 9.99. The fraction of sp³-hybridized carbons (Fsp3) is 0.536. The van der Waals surface area contributed by atoms with E-state index in [1.165, 1.54) is 6.08 Å². The Morgan fingerprint density at radius 2 is 1.74 bits per heavy atom. The minimum atomic E-state index is -1.29. The summed E-state index contributed by atoms with van der Waals surface area (Å²) in [6.45, 7) is 8.20. The van der Waals surface area contributed by atoms with E-state index in [1.807, 2.05) is 49.4 Å². The van der Waals surface area contributed by atoms with Crippen LogP contribution in [-0.2, 0) is 23.9 Å². The van der Waals surface area contributed by atoms with Crippen molar-refractivity contribution in [3.05, 3.63) is 54.1 Å². The summed E-state index contributed by atoms with van der Waals surface area (Å²) in [4.78, 5) is 38.0. The predicted octanol–water partition coefficient (Wildman–Crippen LogP) is 3.73. The van der Waals surface area contributed by atoms with Crippen LogP contribution in [0.3, 0.4) is 0 Å². The zero-order valence-corrected chi connectivity index (χ0v) is 21.2. The van der Waals surface area contributed by atoms with Gasteiger partial charge in [0.15, 0.2) is 0 Å². The zero-order chi connectivity index (χ0) is 26.2. The lowest BCUT2D eigenvalue weighted by molar-refractivity contribution is -0.156. The Bertz CT molecular complexity index is 918. The number of aliphatic hydroxyl groups is 2. The van der Waals surface area contributed by atoms with Crippen molar-refractivity contribution in [3.8, 4) is 0 Å². The van der Waals surface area contributed by atoms with Gasteiger partial charge in [-0.25, -0.2) is 4.79 Å². The van der Waals surface area contributed by atoms with Gasteiger partial charge in [0.05, 0.1) is 30.7 Å². The molecule has 1 aliphatic heterocycles. The molecular formula is C28H38O7.